The van der Waals surface area contributed by atoms with E-state index in [-0.39, 0.29) is 4.75 Å². The largest absolute Gasteiger partial charge is 0.381 e. The highest BCUT2D eigenvalue weighted by Gasteiger charge is 2.15. The monoisotopic (exact) mass is 190 g/mol. The van der Waals surface area contributed by atoms with E-state index in [0.717, 1.165) is 26.1 Å². The minimum absolute atomic E-state index is 0.159. The Hall–Kier alpha value is 0.310. The molecule has 0 aliphatic heterocycles. The van der Waals surface area contributed by atoms with E-state index in [0.29, 0.717) is 0 Å². The van der Waals surface area contributed by atoms with Gasteiger partial charge in [0.25, 0.3) is 0 Å². The summed E-state index contributed by atoms with van der Waals surface area (Å²) < 4.78 is 5.62. The molecule has 1 unspecified atom stereocenters. The summed E-state index contributed by atoms with van der Waals surface area (Å²) in [5, 5.41) is 0. The Morgan fingerprint density at radius 1 is 1.25 bits per heavy atom. The van der Waals surface area contributed by atoms with Crippen LogP contribution >= 0.6 is 12.6 Å². The van der Waals surface area contributed by atoms with Crippen LogP contribution in [0, 0.1) is 0 Å². The molecular weight excluding hydrogens is 168 g/mol. The Bertz CT molecular complexity index is 102. The number of hydrogen-bond donors (Lipinski definition) is 1. The number of unbranched alkanes of at least 4 members (excludes halogenated alkanes) is 1. The van der Waals surface area contributed by atoms with Crippen molar-refractivity contribution >= 4 is 12.6 Å². The minimum Gasteiger partial charge on any atom is -0.381 e. The zero-order valence-corrected chi connectivity index (χ0v) is 9.49. The average Bonchev–Trinajstić information content (AvgIpc) is 2.04. The minimum atomic E-state index is 0.159. The van der Waals surface area contributed by atoms with Gasteiger partial charge in [0.05, 0.1) is 0 Å². The Kier molecular flexibility index (Phi) is 6.96. The summed E-state index contributed by atoms with van der Waals surface area (Å²) >= 11 is 4.53. The quantitative estimate of drug-likeness (QED) is 0.479. The molecule has 1 nitrogen and oxygen atoms in total. The van der Waals surface area contributed by atoms with Crippen molar-refractivity contribution in [2.45, 2.75) is 51.2 Å². The second-order valence-electron chi connectivity index (χ2n) is 3.57. The SMILES string of the molecule is CCCCOCCC(C)(S)CC. The first-order chi connectivity index (χ1) is 5.62. The van der Waals surface area contributed by atoms with Crippen molar-refractivity contribution in [1.82, 2.24) is 0 Å². The van der Waals surface area contributed by atoms with Crippen molar-refractivity contribution in [3.05, 3.63) is 0 Å². The third-order valence-electron chi connectivity index (χ3n) is 2.19. The molecule has 0 bridgehead atoms. The molecule has 12 heavy (non-hydrogen) atoms. The van der Waals surface area contributed by atoms with Gasteiger partial charge in [-0.15, -0.1) is 0 Å². The molecule has 0 spiro atoms. The lowest BCUT2D eigenvalue weighted by Gasteiger charge is -2.20. The second-order valence-corrected chi connectivity index (χ2v) is 4.65. The summed E-state index contributed by atoms with van der Waals surface area (Å²) in [6.07, 6.45) is 4.55. The molecule has 0 aliphatic carbocycles. The molecule has 0 rings (SSSR count). The zero-order valence-electron chi connectivity index (χ0n) is 8.60. The molecule has 0 N–H and O–H groups in total. The maximum absolute atomic E-state index is 5.46. The Balaban J connectivity index is 3.19. The Morgan fingerprint density at radius 3 is 2.42 bits per heavy atom. The summed E-state index contributed by atoms with van der Waals surface area (Å²) in [5.74, 6) is 0. The molecule has 0 radical (unpaired) electrons. The average molecular weight is 190 g/mol. The number of ether oxygens (including phenoxy) is 1. The molecule has 1 atom stereocenters. The van der Waals surface area contributed by atoms with Crippen molar-refractivity contribution in [3.63, 3.8) is 0 Å². The van der Waals surface area contributed by atoms with E-state index in [1.807, 2.05) is 0 Å². The fourth-order valence-electron chi connectivity index (χ4n) is 0.817. The molecule has 0 saturated carbocycles. The van der Waals surface area contributed by atoms with Crippen LogP contribution in [0.25, 0.3) is 0 Å². The van der Waals surface area contributed by atoms with E-state index in [2.05, 4.69) is 33.4 Å². The van der Waals surface area contributed by atoms with Gasteiger partial charge in [-0.2, -0.15) is 12.6 Å². The van der Waals surface area contributed by atoms with E-state index in [1.54, 1.807) is 0 Å². The predicted octanol–water partition coefficient (Wildman–Crippen LogP) is 3.29. The normalized spacial score (nSPS) is 16.0. The van der Waals surface area contributed by atoms with Gasteiger partial charge in [0.15, 0.2) is 0 Å². The standard InChI is InChI=1S/C10H22OS/c1-4-6-8-11-9-7-10(3,12)5-2/h12H,4-9H2,1-3H3. The summed E-state index contributed by atoms with van der Waals surface area (Å²) in [5.41, 5.74) is 0. The van der Waals surface area contributed by atoms with Gasteiger partial charge in [0.1, 0.15) is 0 Å². The van der Waals surface area contributed by atoms with Crippen LogP contribution in [0.3, 0.4) is 0 Å². The van der Waals surface area contributed by atoms with Gasteiger partial charge in [-0.05, 0) is 19.3 Å². The van der Waals surface area contributed by atoms with Crippen LogP contribution < -0.4 is 0 Å². The van der Waals surface area contributed by atoms with E-state index in [4.69, 9.17) is 4.74 Å². The van der Waals surface area contributed by atoms with Crippen molar-refractivity contribution in [2.24, 2.45) is 0 Å². The van der Waals surface area contributed by atoms with Crippen LogP contribution in [0.5, 0.6) is 0 Å². The fraction of sp³-hybridized carbons (Fsp3) is 1.00. The third kappa shape index (κ3) is 6.99. The van der Waals surface area contributed by atoms with Gasteiger partial charge < -0.3 is 4.74 Å². The molecular formula is C10H22OS. The maximum atomic E-state index is 5.46. The smallest absolute Gasteiger partial charge is 0.0479 e. The van der Waals surface area contributed by atoms with Crippen LogP contribution in [0.1, 0.15) is 46.5 Å². The molecule has 0 saturated heterocycles. The molecule has 0 aromatic rings. The zero-order chi connectivity index (χ0) is 9.45. The predicted molar refractivity (Wildman–Crippen MR) is 58.0 cm³/mol. The van der Waals surface area contributed by atoms with Gasteiger partial charge in [0.2, 0.25) is 0 Å². The van der Waals surface area contributed by atoms with Crippen LogP contribution in [-0.4, -0.2) is 18.0 Å². The number of hydrogen-bond acceptors (Lipinski definition) is 2. The third-order valence-corrected chi connectivity index (χ3v) is 2.73. The van der Waals surface area contributed by atoms with Crippen LogP contribution in [0.15, 0.2) is 0 Å². The highest BCUT2D eigenvalue weighted by molar-refractivity contribution is 7.81. The maximum Gasteiger partial charge on any atom is 0.0479 e. The summed E-state index contributed by atoms with van der Waals surface area (Å²) in [7, 11) is 0. The Labute approximate surface area is 82.3 Å². The molecule has 2 heteroatoms. The highest BCUT2D eigenvalue weighted by Crippen LogP contribution is 2.21. The first-order valence-electron chi connectivity index (χ1n) is 4.92. The topological polar surface area (TPSA) is 9.23 Å². The molecule has 0 aromatic carbocycles. The molecule has 0 fully saturated rings. The molecule has 0 aliphatic rings. The first kappa shape index (κ1) is 12.3. The summed E-state index contributed by atoms with van der Waals surface area (Å²) in [6.45, 7) is 8.27. The van der Waals surface area contributed by atoms with Gasteiger partial charge in [-0.3, -0.25) is 0 Å². The number of rotatable bonds is 7. The van der Waals surface area contributed by atoms with Gasteiger partial charge in [0, 0.05) is 18.0 Å². The molecule has 0 heterocycles. The van der Waals surface area contributed by atoms with Crippen molar-refractivity contribution in [2.75, 3.05) is 13.2 Å². The van der Waals surface area contributed by atoms with Crippen molar-refractivity contribution in [1.29, 1.82) is 0 Å². The van der Waals surface area contributed by atoms with E-state index < -0.39 is 0 Å². The first-order valence-corrected chi connectivity index (χ1v) is 5.37. The lowest BCUT2D eigenvalue weighted by molar-refractivity contribution is 0.122. The highest BCUT2D eigenvalue weighted by atomic mass is 32.1. The van der Waals surface area contributed by atoms with Gasteiger partial charge in [-0.1, -0.05) is 27.2 Å². The van der Waals surface area contributed by atoms with Crippen molar-refractivity contribution in [3.8, 4) is 0 Å². The summed E-state index contributed by atoms with van der Waals surface area (Å²) in [4.78, 5) is 0. The molecule has 0 aromatic heterocycles. The van der Waals surface area contributed by atoms with E-state index >= 15 is 0 Å². The van der Waals surface area contributed by atoms with Crippen LogP contribution in [-0.2, 0) is 4.74 Å². The van der Waals surface area contributed by atoms with Crippen LogP contribution in [0.4, 0.5) is 0 Å². The second kappa shape index (κ2) is 6.79. The fourth-order valence-corrected chi connectivity index (χ4v) is 0.909. The summed E-state index contributed by atoms with van der Waals surface area (Å²) in [6, 6.07) is 0. The van der Waals surface area contributed by atoms with E-state index in [1.165, 1.54) is 12.8 Å². The van der Waals surface area contributed by atoms with Crippen molar-refractivity contribution < 1.29 is 4.74 Å². The lowest BCUT2D eigenvalue weighted by atomic mass is 10.1. The van der Waals surface area contributed by atoms with Gasteiger partial charge in [-0.25, -0.2) is 0 Å². The van der Waals surface area contributed by atoms with Gasteiger partial charge >= 0.3 is 0 Å². The lowest BCUT2D eigenvalue weighted by Crippen LogP contribution is -2.17. The van der Waals surface area contributed by atoms with E-state index in [9.17, 15) is 0 Å². The Morgan fingerprint density at radius 2 is 1.92 bits per heavy atom. The molecule has 74 valence electrons. The number of thiol groups is 1. The van der Waals surface area contributed by atoms with Crippen LogP contribution in [0.2, 0.25) is 0 Å². The molecule has 0 amide bonds.